The number of alkyl halides is 3. The molecule has 0 fully saturated rings. The van der Waals surface area contributed by atoms with Crippen molar-refractivity contribution in [3.63, 3.8) is 0 Å². The van der Waals surface area contributed by atoms with E-state index in [1.807, 2.05) is 36.4 Å². The van der Waals surface area contributed by atoms with E-state index in [0.717, 1.165) is 23.0 Å². The summed E-state index contributed by atoms with van der Waals surface area (Å²) in [4.78, 5) is 21.8. The molecule has 10 heteroatoms. The molecule has 0 spiro atoms. The zero-order valence-corrected chi connectivity index (χ0v) is 18.5. The average molecular weight is 479 g/mol. The van der Waals surface area contributed by atoms with Gasteiger partial charge < -0.3 is 5.32 Å². The number of nitrogens with zero attached hydrogens (tertiary/aromatic N) is 3. The highest BCUT2D eigenvalue weighted by molar-refractivity contribution is 7.20. The minimum absolute atomic E-state index is 0.161. The maximum absolute atomic E-state index is 13.1. The van der Waals surface area contributed by atoms with Crippen LogP contribution < -0.4 is 5.32 Å². The smallest absolute Gasteiger partial charge is 0.321 e. The molecule has 170 valence electrons. The molecule has 6 nitrogen and oxygen atoms in total. The average Bonchev–Trinajstić information content (AvgIpc) is 3.44. The number of para-hydroxylation sites is 1. The van der Waals surface area contributed by atoms with Crippen LogP contribution in [0.25, 0.3) is 33.0 Å². The van der Waals surface area contributed by atoms with E-state index in [2.05, 4.69) is 25.5 Å². The van der Waals surface area contributed by atoms with E-state index in [0.29, 0.717) is 38.7 Å². The van der Waals surface area contributed by atoms with Crippen LogP contribution >= 0.6 is 11.3 Å². The number of aryl methyl sites for hydroxylation is 1. The molecule has 0 saturated carbocycles. The summed E-state index contributed by atoms with van der Waals surface area (Å²) in [6, 6.07) is 18.8. The van der Waals surface area contributed by atoms with E-state index in [9.17, 15) is 18.0 Å². The van der Waals surface area contributed by atoms with Gasteiger partial charge in [-0.25, -0.2) is 9.97 Å². The molecule has 1 amide bonds. The highest BCUT2D eigenvalue weighted by Gasteiger charge is 2.33. The third kappa shape index (κ3) is 4.03. The van der Waals surface area contributed by atoms with E-state index >= 15 is 0 Å². The molecule has 0 atom stereocenters. The fourth-order valence-electron chi connectivity index (χ4n) is 3.55. The van der Waals surface area contributed by atoms with Crippen LogP contribution in [0.3, 0.4) is 0 Å². The van der Waals surface area contributed by atoms with Crippen molar-refractivity contribution in [2.24, 2.45) is 0 Å². The molecule has 0 saturated heterocycles. The third-order valence-corrected chi connectivity index (χ3v) is 6.45. The van der Waals surface area contributed by atoms with Gasteiger partial charge in [0.1, 0.15) is 10.5 Å². The lowest BCUT2D eigenvalue weighted by molar-refractivity contribution is -0.140. The van der Waals surface area contributed by atoms with Crippen LogP contribution in [-0.4, -0.2) is 26.1 Å². The molecular weight excluding hydrogens is 463 g/mol. The standard InChI is InChI=1S/C24H16F3N5OS/c1-13-15-11-12-18(24(25,26)27)29-23(15)34-19(13)22(33)28-17-10-6-5-9-16(17)21-30-20(31-32-21)14-7-3-2-4-8-14/h2-12H,1H3,(H,28,33)(H,30,31,32). The number of benzene rings is 2. The van der Waals surface area contributed by atoms with Crippen LogP contribution in [0.15, 0.2) is 66.7 Å². The number of thiophene rings is 1. The first-order chi connectivity index (χ1) is 16.3. The van der Waals surface area contributed by atoms with Gasteiger partial charge in [-0.15, -0.1) is 11.3 Å². The zero-order chi connectivity index (χ0) is 23.9. The molecule has 5 rings (SSSR count). The first-order valence-corrected chi connectivity index (χ1v) is 11.0. The zero-order valence-electron chi connectivity index (χ0n) is 17.6. The van der Waals surface area contributed by atoms with Crippen molar-refractivity contribution in [2.45, 2.75) is 13.1 Å². The van der Waals surface area contributed by atoms with E-state index in [-0.39, 0.29) is 4.83 Å². The Morgan fingerprint density at radius 3 is 2.47 bits per heavy atom. The molecule has 2 aromatic carbocycles. The Labute approximate surface area is 195 Å². The third-order valence-electron chi connectivity index (χ3n) is 5.25. The number of H-pyrrole nitrogens is 1. The molecule has 0 aliphatic rings. The molecule has 0 aliphatic carbocycles. The summed E-state index contributed by atoms with van der Waals surface area (Å²) < 4.78 is 39.1. The maximum Gasteiger partial charge on any atom is 0.433 e. The van der Waals surface area contributed by atoms with Gasteiger partial charge >= 0.3 is 6.18 Å². The van der Waals surface area contributed by atoms with Crippen molar-refractivity contribution in [1.29, 1.82) is 0 Å². The topological polar surface area (TPSA) is 83.6 Å². The second-order valence-electron chi connectivity index (χ2n) is 7.48. The van der Waals surface area contributed by atoms with Crippen LogP contribution in [0, 0.1) is 6.92 Å². The first-order valence-electron chi connectivity index (χ1n) is 10.2. The molecule has 3 aromatic heterocycles. The molecule has 5 aromatic rings. The number of rotatable bonds is 4. The van der Waals surface area contributed by atoms with Crippen molar-refractivity contribution in [1.82, 2.24) is 20.2 Å². The van der Waals surface area contributed by atoms with Crippen LogP contribution in [0.1, 0.15) is 20.9 Å². The number of anilines is 1. The largest absolute Gasteiger partial charge is 0.433 e. The Morgan fingerprint density at radius 2 is 1.71 bits per heavy atom. The number of aromatic amines is 1. The first kappa shape index (κ1) is 21.8. The number of pyridine rings is 1. The van der Waals surface area contributed by atoms with Crippen LogP contribution in [0.2, 0.25) is 0 Å². The van der Waals surface area contributed by atoms with Crippen molar-refractivity contribution in [3.05, 3.63) is 82.9 Å². The molecule has 0 unspecified atom stereocenters. The van der Waals surface area contributed by atoms with Crippen molar-refractivity contribution >= 4 is 33.1 Å². The Hall–Kier alpha value is -4.05. The normalized spacial score (nSPS) is 11.6. The number of halogens is 3. The quantitative estimate of drug-likeness (QED) is 0.316. The lowest BCUT2D eigenvalue weighted by Gasteiger charge is -2.09. The van der Waals surface area contributed by atoms with Gasteiger partial charge in [0.05, 0.1) is 10.6 Å². The number of hydrogen-bond donors (Lipinski definition) is 2. The summed E-state index contributed by atoms with van der Waals surface area (Å²) in [6.45, 7) is 1.69. The summed E-state index contributed by atoms with van der Waals surface area (Å²) in [7, 11) is 0. The number of carbonyl (C=O) groups excluding carboxylic acids is 1. The Bertz CT molecular complexity index is 1510. The summed E-state index contributed by atoms with van der Waals surface area (Å²) in [5, 5.41) is 10.5. The van der Waals surface area contributed by atoms with E-state index in [4.69, 9.17) is 0 Å². The van der Waals surface area contributed by atoms with Gasteiger partial charge in [0.2, 0.25) is 0 Å². The number of nitrogens with one attached hydrogen (secondary N) is 2. The van der Waals surface area contributed by atoms with Gasteiger partial charge in [0.25, 0.3) is 5.91 Å². The van der Waals surface area contributed by atoms with E-state index < -0.39 is 17.8 Å². The van der Waals surface area contributed by atoms with Gasteiger partial charge in [-0.2, -0.15) is 18.3 Å². The van der Waals surface area contributed by atoms with Gasteiger partial charge in [0, 0.05) is 16.5 Å². The fourth-order valence-corrected chi connectivity index (χ4v) is 4.63. The molecule has 3 heterocycles. The van der Waals surface area contributed by atoms with Gasteiger partial charge in [0.15, 0.2) is 11.6 Å². The molecule has 0 bridgehead atoms. The van der Waals surface area contributed by atoms with Crippen LogP contribution in [0.4, 0.5) is 18.9 Å². The van der Waals surface area contributed by atoms with Gasteiger partial charge in [-0.05, 0) is 36.8 Å². The minimum Gasteiger partial charge on any atom is -0.321 e. The van der Waals surface area contributed by atoms with Crippen molar-refractivity contribution in [3.8, 4) is 22.8 Å². The molecular formula is C24H16F3N5OS. The highest BCUT2D eigenvalue weighted by Crippen LogP contribution is 2.35. The summed E-state index contributed by atoms with van der Waals surface area (Å²) >= 11 is 0.926. The van der Waals surface area contributed by atoms with Crippen molar-refractivity contribution < 1.29 is 18.0 Å². The molecule has 34 heavy (non-hydrogen) atoms. The lowest BCUT2D eigenvalue weighted by Crippen LogP contribution is -2.12. The predicted molar refractivity (Wildman–Crippen MR) is 125 cm³/mol. The SMILES string of the molecule is Cc1c(C(=O)Nc2ccccc2-c2nc(-c3ccccc3)n[nH]2)sc2nc(C(F)(F)F)ccc12. The number of carbonyl (C=O) groups is 1. The van der Waals surface area contributed by atoms with Crippen molar-refractivity contribution in [2.75, 3.05) is 5.32 Å². The van der Waals surface area contributed by atoms with Crippen LogP contribution in [0.5, 0.6) is 0 Å². The molecule has 0 aliphatic heterocycles. The number of hydrogen-bond acceptors (Lipinski definition) is 5. The Balaban J connectivity index is 1.46. The van der Waals surface area contributed by atoms with Gasteiger partial charge in [-0.1, -0.05) is 42.5 Å². The molecule has 2 N–H and O–H groups in total. The number of fused-ring (bicyclic) bond motifs is 1. The summed E-state index contributed by atoms with van der Waals surface area (Å²) in [5.41, 5.74) is 1.55. The van der Waals surface area contributed by atoms with E-state index in [1.54, 1.807) is 25.1 Å². The molecule has 0 radical (unpaired) electrons. The Kier molecular flexibility index (Phi) is 5.37. The monoisotopic (exact) mass is 479 g/mol. The maximum atomic E-state index is 13.1. The van der Waals surface area contributed by atoms with Crippen LogP contribution in [-0.2, 0) is 6.18 Å². The lowest BCUT2D eigenvalue weighted by atomic mass is 10.1. The summed E-state index contributed by atoms with van der Waals surface area (Å²) in [6.07, 6.45) is -4.55. The second kappa shape index (κ2) is 8.38. The fraction of sp³-hybridized carbons (Fsp3) is 0.0833. The number of amides is 1. The summed E-state index contributed by atoms with van der Waals surface area (Å²) in [5.74, 6) is 0.548. The predicted octanol–water partition coefficient (Wildman–Crippen LogP) is 6.33. The Morgan fingerprint density at radius 1 is 0.971 bits per heavy atom. The van der Waals surface area contributed by atoms with E-state index in [1.165, 1.54) is 6.07 Å². The van der Waals surface area contributed by atoms with Gasteiger partial charge in [-0.3, -0.25) is 9.89 Å². The second-order valence-corrected chi connectivity index (χ2v) is 8.48. The highest BCUT2D eigenvalue weighted by atomic mass is 32.1. The number of aromatic nitrogens is 4. The minimum atomic E-state index is -4.55.